The summed E-state index contributed by atoms with van der Waals surface area (Å²) in [6.07, 6.45) is 1.06. The minimum atomic E-state index is -3.38. The lowest BCUT2D eigenvalue weighted by Gasteiger charge is -2.16. The summed E-state index contributed by atoms with van der Waals surface area (Å²) in [6, 6.07) is 11.0. The summed E-state index contributed by atoms with van der Waals surface area (Å²) in [5, 5.41) is 1.39. The van der Waals surface area contributed by atoms with Gasteiger partial charge < -0.3 is 0 Å². The Labute approximate surface area is 183 Å². The van der Waals surface area contributed by atoms with E-state index in [0.717, 1.165) is 6.26 Å². The molecule has 158 valence electrons. The lowest BCUT2D eigenvalue weighted by atomic mass is 10.1. The van der Waals surface area contributed by atoms with Crippen molar-refractivity contribution in [3.05, 3.63) is 63.4 Å². The molecule has 1 heterocycles. The fourth-order valence-corrected chi connectivity index (χ4v) is 4.61. The maximum atomic E-state index is 12.9. The summed E-state index contributed by atoms with van der Waals surface area (Å²) in [5.74, 6) is -0.0916. The number of carbonyl (C=O) groups excluding carboxylic acids is 1. The standard InChI is InChI=1S/C20H20ClN3O4S2/c1-12(2)24-19(26)16-9-6-14(21)10-17(16)22-20(24)29-11-18(25)13-4-7-15(8-5-13)23-30(3,27)28/h4-10,12,23H,11H2,1-3H3. The fourth-order valence-electron chi connectivity index (χ4n) is 2.86. The number of Topliss-reactive ketones (excluding diaryl/α,β-unsaturated/α-hetero) is 1. The third-order valence-electron chi connectivity index (χ3n) is 4.19. The zero-order chi connectivity index (χ0) is 22.1. The molecule has 3 rings (SSSR count). The number of rotatable bonds is 7. The molecular weight excluding hydrogens is 446 g/mol. The first kappa shape index (κ1) is 22.3. The van der Waals surface area contributed by atoms with Crippen LogP contribution < -0.4 is 10.3 Å². The summed E-state index contributed by atoms with van der Waals surface area (Å²) < 4.78 is 26.5. The largest absolute Gasteiger partial charge is 0.293 e. The van der Waals surface area contributed by atoms with Crippen molar-refractivity contribution in [1.82, 2.24) is 9.55 Å². The van der Waals surface area contributed by atoms with Gasteiger partial charge in [0.25, 0.3) is 5.56 Å². The van der Waals surface area contributed by atoms with E-state index in [4.69, 9.17) is 11.6 Å². The van der Waals surface area contributed by atoms with E-state index in [1.165, 1.54) is 23.9 Å². The summed E-state index contributed by atoms with van der Waals surface area (Å²) in [5.41, 5.74) is 1.11. The van der Waals surface area contributed by atoms with Gasteiger partial charge in [0.1, 0.15) is 0 Å². The number of nitrogens with zero attached hydrogens (tertiary/aromatic N) is 2. The van der Waals surface area contributed by atoms with Gasteiger partial charge in [0.2, 0.25) is 10.0 Å². The molecule has 0 spiro atoms. The van der Waals surface area contributed by atoms with Crippen molar-refractivity contribution in [2.24, 2.45) is 0 Å². The van der Waals surface area contributed by atoms with E-state index in [0.29, 0.717) is 32.3 Å². The highest BCUT2D eigenvalue weighted by molar-refractivity contribution is 7.99. The molecule has 0 aliphatic carbocycles. The molecule has 3 aromatic rings. The first-order valence-electron chi connectivity index (χ1n) is 9.01. The lowest BCUT2D eigenvalue weighted by molar-refractivity contribution is 0.102. The summed E-state index contributed by atoms with van der Waals surface area (Å²) >= 11 is 7.21. The monoisotopic (exact) mass is 465 g/mol. The fraction of sp³-hybridized carbons (Fsp3) is 0.250. The Balaban J connectivity index is 1.85. The Morgan fingerprint density at radius 3 is 2.47 bits per heavy atom. The number of hydrogen-bond acceptors (Lipinski definition) is 6. The van der Waals surface area contributed by atoms with Crippen molar-refractivity contribution in [3.63, 3.8) is 0 Å². The van der Waals surface area contributed by atoms with Crippen LogP contribution in [0.25, 0.3) is 10.9 Å². The van der Waals surface area contributed by atoms with Crippen LogP contribution >= 0.6 is 23.4 Å². The molecule has 0 radical (unpaired) electrons. The second-order valence-electron chi connectivity index (χ2n) is 6.99. The van der Waals surface area contributed by atoms with E-state index in [-0.39, 0.29) is 23.1 Å². The van der Waals surface area contributed by atoms with Crippen LogP contribution in [0.3, 0.4) is 0 Å². The number of halogens is 1. The Morgan fingerprint density at radius 1 is 1.20 bits per heavy atom. The molecule has 0 bridgehead atoms. The predicted octanol–water partition coefficient (Wildman–Crippen LogP) is 3.98. The molecule has 0 atom stereocenters. The molecule has 0 amide bonds. The third-order valence-corrected chi connectivity index (χ3v) is 5.98. The van der Waals surface area contributed by atoms with Gasteiger partial charge in [0.05, 0.1) is 22.9 Å². The van der Waals surface area contributed by atoms with Gasteiger partial charge in [-0.3, -0.25) is 18.9 Å². The number of aromatic nitrogens is 2. The number of hydrogen-bond donors (Lipinski definition) is 1. The van der Waals surface area contributed by atoms with E-state index < -0.39 is 10.0 Å². The van der Waals surface area contributed by atoms with Gasteiger partial charge in [-0.2, -0.15) is 0 Å². The molecule has 7 nitrogen and oxygen atoms in total. The van der Waals surface area contributed by atoms with Crippen LogP contribution in [0.5, 0.6) is 0 Å². The van der Waals surface area contributed by atoms with Gasteiger partial charge >= 0.3 is 0 Å². The number of sulfonamides is 1. The number of anilines is 1. The van der Waals surface area contributed by atoms with Gasteiger partial charge in [-0.05, 0) is 56.3 Å². The minimum Gasteiger partial charge on any atom is -0.293 e. The van der Waals surface area contributed by atoms with Crippen molar-refractivity contribution in [2.45, 2.75) is 25.0 Å². The van der Waals surface area contributed by atoms with Gasteiger partial charge in [-0.25, -0.2) is 13.4 Å². The first-order chi connectivity index (χ1) is 14.0. The molecule has 0 unspecified atom stereocenters. The van der Waals surface area contributed by atoms with Crippen LogP contribution in [0.15, 0.2) is 52.4 Å². The van der Waals surface area contributed by atoms with Crippen LogP contribution in [0.4, 0.5) is 5.69 Å². The van der Waals surface area contributed by atoms with Gasteiger partial charge in [0, 0.05) is 22.3 Å². The second-order valence-corrected chi connectivity index (χ2v) is 10.1. The van der Waals surface area contributed by atoms with E-state index in [9.17, 15) is 18.0 Å². The zero-order valence-electron chi connectivity index (χ0n) is 16.5. The maximum absolute atomic E-state index is 12.9. The molecular formula is C20H20ClN3O4S2. The number of ketones is 1. The maximum Gasteiger partial charge on any atom is 0.262 e. The summed E-state index contributed by atoms with van der Waals surface area (Å²) in [4.78, 5) is 30.0. The molecule has 0 fully saturated rings. The van der Waals surface area contributed by atoms with E-state index in [1.807, 2.05) is 13.8 Å². The zero-order valence-corrected chi connectivity index (χ0v) is 18.9. The third kappa shape index (κ3) is 5.21. The Morgan fingerprint density at radius 2 is 1.87 bits per heavy atom. The normalized spacial score (nSPS) is 11.8. The highest BCUT2D eigenvalue weighted by Gasteiger charge is 2.16. The highest BCUT2D eigenvalue weighted by Crippen LogP contribution is 2.24. The molecule has 30 heavy (non-hydrogen) atoms. The van der Waals surface area contributed by atoms with Crippen LogP contribution in [0, 0.1) is 0 Å². The molecule has 2 aromatic carbocycles. The van der Waals surface area contributed by atoms with Crippen LogP contribution in [0.1, 0.15) is 30.2 Å². The molecule has 0 saturated heterocycles. The summed E-state index contributed by atoms with van der Waals surface area (Å²) in [6.45, 7) is 3.76. The number of nitrogens with one attached hydrogen (secondary N) is 1. The van der Waals surface area contributed by atoms with Gasteiger partial charge in [0.15, 0.2) is 10.9 Å². The number of thioether (sulfide) groups is 1. The Hall–Kier alpha value is -2.36. The van der Waals surface area contributed by atoms with E-state index >= 15 is 0 Å². The van der Waals surface area contributed by atoms with Crippen LogP contribution in [-0.4, -0.2) is 35.8 Å². The molecule has 10 heteroatoms. The van der Waals surface area contributed by atoms with Gasteiger partial charge in [-0.1, -0.05) is 23.4 Å². The van der Waals surface area contributed by atoms with Crippen molar-refractivity contribution < 1.29 is 13.2 Å². The Bertz CT molecular complexity index is 1270. The van der Waals surface area contributed by atoms with Gasteiger partial charge in [-0.15, -0.1) is 0 Å². The number of benzene rings is 2. The first-order valence-corrected chi connectivity index (χ1v) is 12.3. The Kier molecular flexibility index (Phi) is 6.54. The average Bonchev–Trinajstić information content (AvgIpc) is 2.64. The molecule has 0 saturated carbocycles. The smallest absolute Gasteiger partial charge is 0.262 e. The number of carbonyl (C=O) groups is 1. The van der Waals surface area contributed by atoms with E-state index in [2.05, 4.69) is 9.71 Å². The minimum absolute atomic E-state index is 0.0735. The SMILES string of the molecule is CC(C)n1c(SCC(=O)c2ccc(NS(C)(=O)=O)cc2)nc2cc(Cl)ccc2c1=O. The topological polar surface area (TPSA) is 98.1 Å². The van der Waals surface area contributed by atoms with Crippen molar-refractivity contribution >= 4 is 55.8 Å². The predicted molar refractivity (Wildman–Crippen MR) is 121 cm³/mol. The molecule has 1 N–H and O–H groups in total. The second kappa shape index (κ2) is 8.79. The molecule has 0 aliphatic heterocycles. The molecule has 1 aromatic heterocycles. The van der Waals surface area contributed by atoms with Crippen molar-refractivity contribution in [2.75, 3.05) is 16.7 Å². The average molecular weight is 466 g/mol. The van der Waals surface area contributed by atoms with Crippen molar-refractivity contribution in [1.29, 1.82) is 0 Å². The number of fused-ring (bicyclic) bond motifs is 1. The quantitative estimate of drug-likeness (QED) is 0.322. The van der Waals surface area contributed by atoms with Crippen molar-refractivity contribution in [3.8, 4) is 0 Å². The van der Waals surface area contributed by atoms with Crippen LogP contribution in [0.2, 0.25) is 5.02 Å². The molecule has 0 aliphatic rings. The highest BCUT2D eigenvalue weighted by atomic mass is 35.5. The van der Waals surface area contributed by atoms with E-state index in [1.54, 1.807) is 34.9 Å². The van der Waals surface area contributed by atoms with Crippen LogP contribution in [-0.2, 0) is 10.0 Å². The lowest BCUT2D eigenvalue weighted by Crippen LogP contribution is -2.25. The summed E-state index contributed by atoms with van der Waals surface area (Å²) in [7, 11) is -3.38.